The quantitative estimate of drug-likeness (QED) is 0.481. The third-order valence-electron chi connectivity index (χ3n) is 4.35. The fourth-order valence-electron chi connectivity index (χ4n) is 3.26. The lowest BCUT2D eigenvalue weighted by atomic mass is 9.98. The van der Waals surface area contributed by atoms with Crippen LogP contribution in [0.3, 0.4) is 0 Å². The Hall–Kier alpha value is -2.41. The molecule has 1 aromatic heterocycles. The van der Waals surface area contributed by atoms with E-state index in [4.69, 9.17) is 0 Å². The van der Waals surface area contributed by atoms with Crippen LogP contribution in [-0.4, -0.2) is 0 Å². The zero-order chi connectivity index (χ0) is 14.2. The maximum Gasteiger partial charge on any atom is 0.213 e. The number of nitrogens with zero attached hydrogens (tertiary/aromatic N) is 1. The Morgan fingerprint density at radius 2 is 1.67 bits per heavy atom. The minimum atomic E-state index is 0.981. The minimum absolute atomic E-state index is 0.981. The van der Waals surface area contributed by atoms with Crippen molar-refractivity contribution in [3.05, 3.63) is 78.0 Å². The molecule has 0 atom stereocenters. The van der Waals surface area contributed by atoms with E-state index >= 15 is 0 Å². The van der Waals surface area contributed by atoms with Crippen LogP contribution < -0.4 is 4.57 Å². The molecule has 0 radical (unpaired) electrons. The topological polar surface area (TPSA) is 3.88 Å². The number of fused-ring (bicyclic) bond motifs is 3. The van der Waals surface area contributed by atoms with E-state index in [-0.39, 0.29) is 0 Å². The van der Waals surface area contributed by atoms with Crippen LogP contribution in [-0.2, 0) is 13.0 Å². The molecule has 0 aliphatic carbocycles. The van der Waals surface area contributed by atoms with Gasteiger partial charge < -0.3 is 0 Å². The molecule has 1 aliphatic heterocycles. The zero-order valence-corrected chi connectivity index (χ0v) is 12.2. The first kappa shape index (κ1) is 12.3. The third-order valence-corrected chi connectivity index (χ3v) is 4.35. The van der Waals surface area contributed by atoms with Crippen molar-refractivity contribution in [2.75, 3.05) is 0 Å². The first-order valence-electron chi connectivity index (χ1n) is 7.57. The summed E-state index contributed by atoms with van der Waals surface area (Å²) < 4.78 is 2.38. The molecule has 0 N–H and O–H groups in total. The van der Waals surface area contributed by atoms with E-state index in [0.717, 1.165) is 13.0 Å². The molecule has 0 saturated heterocycles. The van der Waals surface area contributed by atoms with Gasteiger partial charge in [-0.3, -0.25) is 0 Å². The van der Waals surface area contributed by atoms with Gasteiger partial charge in [-0.2, -0.15) is 4.57 Å². The van der Waals surface area contributed by atoms with Crippen LogP contribution >= 0.6 is 0 Å². The molecule has 0 saturated carbocycles. The van der Waals surface area contributed by atoms with Crippen molar-refractivity contribution in [3.63, 3.8) is 0 Å². The lowest BCUT2D eigenvalue weighted by Crippen LogP contribution is -2.32. The average Bonchev–Trinajstić information content (AvgIpc) is 2.92. The summed E-state index contributed by atoms with van der Waals surface area (Å²) in [6, 6.07) is 21.8. The third kappa shape index (κ3) is 1.97. The normalized spacial score (nSPS) is 12.0. The van der Waals surface area contributed by atoms with Crippen molar-refractivity contribution in [2.24, 2.45) is 0 Å². The van der Waals surface area contributed by atoms with Crippen LogP contribution in [0.5, 0.6) is 0 Å². The molecule has 4 rings (SSSR count). The number of pyridine rings is 1. The highest BCUT2D eigenvalue weighted by Crippen LogP contribution is 2.31. The highest BCUT2D eigenvalue weighted by molar-refractivity contribution is 5.70. The Morgan fingerprint density at radius 3 is 2.48 bits per heavy atom. The van der Waals surface area contributed by atoms with Crippen molar-refractivity contribution >= 4 is 0 Å². The van der Waals surface area contributed by atoms with Crippen molar-refractivity contribution in [1.82, 2.24) is 0 Å². The van der Waals surface area contributed by atoms with Gasteiger partial charge in [-0.15, -0.1) is 0 Å². The first-order valence-corrected chi connectivity index (χ1v) is 7.57. The van der Waals surface area contributed by atoms with Crippen LogP contribution in [0.25, 0.3) is 22.4 Å². The summed E-state index contributed by atoms with van der Waals surface area (Å²) >= 11 is 0. The predicted octanol–water partition coefficient (Wildman–Crippen LogP) is 4.23. The molecule has 0 unspecified atom stereocenters. The lowest BCUT2D eigenvalue weighted by Gasteiger charge is -2.07. The van der Waals surface area contributed by atoms with Crippen LogP contribution in [0.2, 0.25) is 0 Å². The molecule has 0 spiro atoms. The molecule has 0 amide bonds. The Labute approximate surface area is 125 Å². The van der Waals surface area contributed by atoms with Gasteiger partial charge in [-0.25, -0.2) is 0 Å². The van der Waals surface area contributed by atoms with Gasteiger partial charge in [-0.1, -0.05) is 55.5 Å². The summed E-state index contributed by atoms with van der Waals surface area (Å²) in [4.78, 5) is 0. The molecule has 2 aromatic carbocycles. The standard InChI is InChI=1S/C20H18N/c1-2-15-12-20-18-11-7-6-10-17(18)13-21(20)14-19(15)16-8-4-3-5-9-16/h3-12,14H,2,13H2,1H3/q+1. The highest BCUT2D eigenvalue weighted by atomic mass is 15.0. The van der Waals surface area contributed by atoms with Gasteiger partial charge in [0, 0.05) is 17.2 Å². The number of benzene rings is 2. The van der Waals surface area contributed by atoms with Gasteiger partial charge in [0.2, 0.25) is 5.69 Å². The van der Waals surface area contributed by atoms with E-state index in [1.54, 1.807) is 0 Å². The summed E-state index contributed by atoms with van der Waals surface area (Å²) in [5.41, 5.74) is 8.23. The largest absolute Gasteiger partial charge is 0.213 e. The second-order valence-electron chi connectivity index (χ2n) is 5.60. The monoisotopic (exact) mass is 272 g/mol. The van der Waals surface area contributed by atoms with Gasteiger partial charge in [0.1, 0.15) is 0 Å². The Kier molecular flexibility index (Phi) is 2.85. The second-order valence-corrected chi connectivity index (χ2v) is 5.60. The number of aromatic nitrogens is 1. The number of rotatable bonds is 2. The van der Waals surface area contributed by atoms with Crippen LogP contribution in [0, 0.1) is 0 Å². The number of hydrogen-bond donors (Lipinski definition) is 0. The van der Waals surface area contributed by atoms with Gasteiger partial charge in [0.15, 0.2) is 12.7 Å². The molecule has 1 aliphatic rings. The molecule has 0 fully saturated rings. The lowest BCUT2D eigenvalue weighted by molar-refractivity contribution is -0.671. The van der Waals surface area contributed by atoms with E-state index in [0.29, 0.717) is 0 Å². The molecule has 102 valence electrons. The van der Waals surface area contributed by atoms with Crippen molar-refractivity contribution in [2.45, 2.75) is 19.9 Å². The fraction of sp³-hybridized carbons (Fsp3) is 0.150. The minimum Gasteiger partial charge on any atom is -0.193 e. The van der Waals surface area contributed by atoms with E-state index in [9.17, 15) is 0 Å². The summed E-state index contributed by atoms with van der Waals surface area (Å²) in [7, 11) is 0. The van der Waals surface area contributed by atoms with Crippen molar-refractivity contribution in [3.8, 4) is 22.4 Å². The van der Waals surface area contributed by atoms with Crippen LogP contribution in [0.15, 0.2) is 66.9 Å². The fourth-order valence-corrected chi connectivity index (χ4v) is 3.26. The second kappa shape index (κ2) is 4.85. The molecule has 21 heavy (non-hydrogen) atoms. The maximum absolute atomic E-state index is 2.38. The summed E-state index contributed by atoms with van der Waals surface area (Å²) in [6.45, 7) is 3.22. The Morgan fingerprint density at radius 1 is 0.905 bits per heavy atom. The van der Waals surface area contributed by atoms with Crippen molar-refractivity contribution in [1.29, 1.82) is 0 Å². The highest BCUT2D eigenvalue weighted by Gasteiger charge is 2.27. The zero-order valence-electron chi connectivity index (χ0n) is 12.2. The number of hydrogen-bond acceptors (Lipinski definition) is 0. The molecule has 1 heteroatoms. The predicted molar refractivity (Wildman–Crippen MR) is 86.0 cm³/mol. The van der Waals surface area contributed by atoms with E-state index in [2.05, 4.69) is 78.4 Å². The average molecular weight is 272 g/mol. The van der Waals surface area contributed by atoms with E-state index < -0.39 is 0 Å². The number of aryl methyl sites for hydroxylation is 1. The van der Waals surface area contributed by atoms with Gasteiger partial charge in [0.05, 0.1) is 5.56 Å². The SMILES string of the molecule is CCc1cc2[n+](cc1-c1ccccc1)Cc1ccccc1-2. The molecular weight excluding hydrogens is 254 g/mol. The molecule has 2 heterocycles. The molecule has 0 bridgehead atoms. The smallest absolute Gasteiger partial charge is 0.193 e. The van der Waals surface area contributed by atoms with Crippen LogP contribution in [0.1, 0.15) is 18.1 Å². The Balaban J connectivity index is 1.92. The summed E-state index contributed by atoms with van der Waals surface area (Å²) in [6.07, 6.45) is 3.38. The summed E-state index contributed by atoms with van der Waals surface area (Å²) in [5.74, 6) is 0. The van der Waals surface area contributed by atoms with E-state index in [1.165, 1.54) is 33.5 Å². The van der Waals surface area contributed by atoms with Crippen molar-refractivity contribution < 1.29 is 4.57 Å². The van der Waals surface area contributed by atoms with Crippen LogP contribution in [0.4, 0.5) is 0 Å². The molecule has 3 aromatic rings. The van der Waals surface area contributed by atoms with Gasteiger partial charge >= 0.3 is 0 Å². The van der Waals surface area contributed by atoms with Gasteiger partial charge in [0.25, 0.3) is 0 Å². The Bertz CT molecular complexity index is 803. The van der Waals surface area contributed by atoms with Gasteiger partial charge in [-0.05, 0) is 23.6 Å². The first-order chi connectivity index (χ1) is 10.4. The maximum atomic E-state index is 2.38. The molecule has 1 nitrogen and oxygen atoms in total. The van der Waals surface area contributed by atoms with E-state index in [1.807, 2.05) is 0 Å². The summed E-state index contributed by atoms with van der Waals surface area (Å²) in [5, 5.41) is 0. The molecular formula is C20H18N+.